The van der Waals surface area contributed by atoms with Crippen LogP contribution in [0, 0.1) is 5.92 Å². The number of benzene rings is 2. The van der Waals surface area contributed by atoms with Crippen LogP contribution in [0.3, 0.4) is 0 Å². The summed E-state index contributed by atoms with van der Waals surface area (Å²) in [5, 5.41) is 12.1. The van der Waals surface area contributed by atoms with Crippen molar-refractivity contribution in [3.63, 3.8) is 0 Å². The van der Waals surface area contributed by atoms with Gasteiger partial charge in [-0.1, -0.05) is 87.4 Å². The lowest BCUT2D eigenvalue weighted by Crippen LogP contribution is -2.27. The Hall–Kier alpha value is -1.37. The van der Waals surface area contributed by atoms with Gasteiger partial charge in [-0.05, 0) is 12.3 Å². The quantitative estimate of drug-likeness (QED) is 0.737. The molecule has 2 atom stereocenters. The largest absolute Gasteiger partial charge is 0.393 e. The van der Waals surface area contributed by atoms with Crippen LogP contribution in [0.4, 0.5) is 0 Å². The first-order chi connectivity index (χ1) is 11.1. The summed E-state index contributed by atoms with van der Waals surface area (Å²) in [7, 11) is -2.73. The van der Waals surface area contributed by atoms with Crippen molar-refractivity contribution in [2.75, 3.05) is 6.16 Å². The van der Waals surface area contributed by atoms with E-state index in [1.54, 1.807) is 0 Å². The van der Waals surface area contributed by atoms with Crippen molar-refractivity contribution in [3.8, 4) is 0 Å². The molecule has 2 rings (SSSR count). The maximum atomic E-state index is 13.9. The van der Waals surface area contributed by atoms with Crippen LogP contribution in [-0.2, 0) is 4.57 Å². The average Bonchev–Trinajstić information content (AvgIpc) is 2.61. The Labute approximate surface area is 139 Å². The van der Waals surface area contributed by atoms with Gasteiger partial charge in [-0.3, -0.25) is 0 Å². The van der Waals surface area contributed by atoms with Gasteiger partial charge in [-0.15, -0.1) is 0 Å². The third-order valence-corrected chi connectivity index (χ3v) is 7.76. The number of unbranched alkanes of at least 4 members (excludes halogenated alkanes) is 1. The fraction of sp³-hybridized carbons (Fsp3) is 0.400. The molecule has 0 aliphatic carbocycles. The predicted molar refractivity (Wildman–Crippen MR) is 99.3 cm³/mol. The van der Waals surface area contributed by atoms with E-state index in [-0.39, 0.29) is 5.92 Å². The fourth-order valence-electron chi connectivity index (χ4n) is 2.92. The number of aliphatic hydroxyl groups excluding tert-OH is 1. The molecule has 0 fully saturated rings. The molecule has 0 spiro atoms. The van der Waals surface area contributed by atoms with E-state index in [0.717, 1.165) is 29.9 Å². The summed E-state index contributed by atoms with van der Waals surface area (Å²) in [6.45, 7) is 4.13. The molecule has 2 nitrogen and oxygen atoms in total. The maximum Gasteiger partial charge on any atom is 0.143 e. The Morgan fingerprint density at radius 3 is 1.87 bits per heavy atom. The zero-order valence-electron chi connectivity index (χ0n) is 14.1. The van der Waals surface area contributed by atoms with Crippen molar-refractivity contribution in [1.82, 2.24) is 0 Å². The average molecular weight is 330 g/mol. The van der Waals surface area contributed by atoms with Gasteiger partial charge in [0.05, 0.1) is 6.10 Å². The van der Waals surface area contributed by atoms with E-state index < -0.39 is 13.2 Å². The summed E-state index contributed by atoms with van der Waals surface area (Å²) in [5.41, 5.74) is 0. The normalized spacial score (nSPS) is 14.4. The van der Waals surface area contributed by atoms with Gasteiger partial charge in [0.2, 0.25) is 0 Å². The Morgan fingerprint density at radius 2 is 1.43 bits per heavy atom. The molecule has 0 aromatic heterocycles. The second-order valence-electron chi connectivity index (χ2n) is 6.28. The Kier molecular flexibility index (Phi) is 6.62. The molecule has 0 heterocycles. The van der Waals surface area contributed by atoms with Crippen LogP contribution >= 0.6 is 7.14 Å². The van der Waals surface area contributed by atoms with Crippen molar-refractivity contribution in [2.45, 2.75) is 39.2 Å². The third-order valence-electron chi connectivity index (χ3n) is 4.40. The summed E-state index contributed by atoms with van der Waals surface area (Å²) in [4.78, 5) is 0. The maximum absolute atomic E-state index is 13.9. The molecule has 0 amide bonds. The number of hydrogen-bond donors (Lipinski definition) is 1. The standard InChI is InChI=1S/C20H27O2P/c1-3-4-15-20(21)17(2)16-23(22,18-11-7-5-8-12-18)19-13-9-6-10-14-19/h5-14,17,20-21H,3-4,15-16H2,1-2H3/t17-,20+/m0/s1. The topological polar surface area (TPSA) is 37.3 Å². The van der Waals surface area contributed by atoms with Crippen molar-refractivity contribution >= 4 is 17.8 Å². The zero-order chi connectivity index (χ0) is 16.7. The highest BCUT2D eigenvalue weighted by Crippen LogP contribution is 2.45. The van der Waals surface area contributed by atoms with E-state index in [1.807, 2.05) is 67.6 Å². The van der Waals surface area contributed by atoms with E-state index in [0.29, 0.717) is 6.16 Å². The van der Waals surface area contributed by atoms with Gasteiger partial charge in [0.1, 0.15) is 7.14 Å². The summed E-state index contributed by atoms with van der Waals surface area (Å²) in [6, 6.07) is 19.4. The number of aliphatic hydroxyl groups is 1. The molecule has 3 heteroatoms. The molecule has 0 radical (unpaired) electrons. The van der Waals surface area contributed by atoms with Gasteiger partial charge >= 0.3 is 0 Å². The van der Waals surface area contributed by atoms with E-state index in [2.05, 4.69) is 6.92 Å². The smallest absolute Gasteiger partial charge is 0.143 e. The highest BCUT2D eigenvalue weighted by Gasteiger charge is 2.31. The molecule has 2 aromatic rings. The molecule has 0 saturated carbocycles. The van der Waals surface area contributed by atoms with Gasteiger partial charge in [-0.25, -0.2) is 0 Å². The second kappa shape index (κ2) is 8.47. The Morgan fingerprint density at radius 1 is 0.957 bits per heavy atom. The lowest BCUT2D eigenvalue weighted by atomic mass is 10.0. The van der Waals surface area contributed by atoms with Crippen LogP contribution < -0.4 is 10.6 Å². The zero-order valence-corrected chi connectivity index (χ0v) is 15.0. The molecule has 1 N–H and O–H groups in total. The van der Waals surface area contributed by atoms with Gasteiger partial charge in [0, 0.05) is 16.8 Å². The first-order valence-corrected chi connectivity index (χ1v) is 10.4. The third kappa shape index (κ3) is 4.56. The molecule has 2 aromatic carbocycles. The first-order valence-electron chi connectivity index (χ1n) is 8.46. The highest BCUT2D eigenvalue weighted by molar-refractivity contribution is 7.78. The van der Waals surface area contributed by atoms with Crippen LogP contribution in [0.5, 0.6) is 0 Å². The van der Waals surface area contributed by atoms with E-state index in [9.17, 15) is 9.67 Å². The molecule has 124 valence electrons. The summed E-state index contributed by atoms with van der Waals surface area (Å²) in [6.07, 6.45) is 2.97. The van der Waals surface area contributed by atoms with E-state index >= 15 is 0 Å². The van der Waals surface area contributed by atoms with Crippen molar-refractivity contribution < 1.29 is 9.67 Å². The number of hydrogen-bond acceptors (Lipinski definition) is 2. The molecule has 0 bridgehead atoms. The first kappa shape index (κ1) is 18.0. The molecule has 0 saturated heterocycles. The van der Waals surface area contributed by atoms with Gasteiger partial charge in [-0.2, -0.15) is 0 Å². The van der Waals surface area contributed by atoms with Gasteiger partial charge in [0.15, 0.2) is 0 Å². The van der Waals surface area contributed by atoms with E-state index in [4.69, 9.17) is 0 Å². The Bertz CT molecular complexity index is 581. The molecular formula is C20H27O2P. The molecule has 0 aliphatic heterocycles. The SMILES string of the molecule is CCCC[C@@H](O)[C@@H](C)CP(=O)(c1ccccc1)c1ccccc1. The fourth-order valence-corrected chi connectivity index (χ4v) is 6.00. The van der Waals surface area contributed by atoms with Gasteiger partial charge in [0.25, 0.3) is 0 Å². The molecule has 23 heavy (non-hydrogen) atoms. The van der Waals surface area contributed by atoms with Crippen LogP contribution in [0.2, 0.25) is 0 Å². The molecular weight excluding hydrogens is 303 g/mol. The monoisotopic (exact) mass is 330 g/mol. The summed E-state index contributed by atoms with van der Waals surface area (Å²) >= 11 is 0. The predicted octanol–water partition coefficient (Wildman–Crippen LogP) is 4.19. The van der Waals surface area contributed by atoms with Crippen LogP contribution in [0.25, 0.3) is 0 Å². The van der Waals surface area contributed by atoms with Crippen LogP contribution in [-0.4, -0.2) is 17.4 Å². The van der Waals surface area contributed by atoms with Crippen molar-refractivity contribution in [1.29, 1.82) is 0 Å². The second-order valence-corrected chi connectivity index (χ2v) is 9.16. The minimum atomic E-state index is -2.73. The van der Waals surface area contributed by atoms with Crippen molar-refractivity contribution in [2.24, 2.45) is 5.92 Å². The Balaban J connectivity index is 2.30. The van der Waals surface area contributed by atoms with Crippen LogP contribution in [0.1, 0.15) is 33.1 Å². The number of rotatable bonds is 8. The van der Waals surface area contributed by atoms with Crippen LogP contribution in [0.15, 0.2) is 60.7 Å². The lowest BCUT2D eigenvalue weighted by Gasteiger charge is -2.26. The molecule has 0 aliphatic rings. The lowest BCUT2D eigenvalue weighted by molar-refractivity contribution is 0.115. The van der Waals surface area contributed by atoms with Crippen molar-refractivity contribution in [3.05, 3.63) is 60.7 Å². The van der Waals surface area contributed by atoms with Gasteiger partial charge < -0.3 is 9.67 Å². The minimum absolute atomic E-state index is 0.00722. The highest BCUT2D eigenvalue weighted by atomic mass is 31.2. The minimum Gasteiger partial charge on any atom is -0.393 e. The summed E-state index contributed by atoms with van der Waals surface area (Å²) < 4.78 is 13.9. The molecule has 0 unspecified atom stereocenters. The van der Waals surface area contributed by atoms with E-state index in [1.165, 1.54) is 0 Å². The summed E-state index contributed by atoms with van der Waals surface area (Å²) in [5.74, 6) is 0.00722.